The number of likely N-dealkylation sites (tertiary alicyclic amines) is 2. The minimum atomic E-state index is -0.687. The zero-order chi connectivity index (χ0) is 43.9. The number of H-pyrrole nitrogens is 2. The Labute approximate surface area is 369 Å². The Balaban J connectivity index is 0.894. The SMILES string of the molecule is COC(=O)N[C@H](C(=O)N1CCC[C@H]1c1ncc(-c2ccc(C#Cc3ccc(-c4cnc([C@@H]5CCCN5C(=O)[C@@H](c5ccccc5)N5CCN(CCO)CC5)[nH]4)cc3)cc2)[nH]1)C(C)C. The second kappa shape index (κ2) is 19.8. The Morgan fingerprint density at radius 3 is 1.76 bits per heavy atom. The maximum Gasteiger partial charge on any atom is 0.407 e. The number of imidazole rings is 2. The molecular formula is C49H57N9O5. The molecule has 14 nitrogen and oxygen atoms in total. The van der Waals surface area contributed by atoms with Crippen molar-refractivity contribution in [2.45, 2.75) is 63.7 Å². The molecule has 0 bridgehead atoms. The van der Waals surface area contributed by atoms with Crippen molar-refractivity contribution in [2.24, 2.45) is 5.92 Å². The Morgan fingerprint density at radius 2 is 1.27 bits per heavy atom. The zero-order valence-electron chi connectivity index (χ0n) is 36.3. The van der Waals surface area contributed by atoms with E-state index in [1.807, 2.05) is 96.6 Å². The summed E-state index contributed by atoms with van der Waals surface area (Å²) in [6.45, 7) is 9.06. The number of aliphatic hydroxyl groups excluding tert-OH is 1. The normalized spacial score (nSPS) is 19.1. The molecule has 3 saturated heterocycles. The summed E-state index contributed by atoms with van der Waals surface area (Å²) in [7, 11) is 1.29. The van der Waals surface area contributed by atoms with Crippen molar-refractivity contribution in [3.8, 4) is 34.4 Å². The van der Waals surface area contributed by atoms with Gasteiger partial charge in [-0.3, -0.25) is 19.4 Å². The largest absolute Gasteiger partial charge is 0.453 e. The molecule has 8 rings (SSSR count). The molecule has 0 aliphatic carbocycles. The zero-order valence-corrected chi connectivity index (χ0v) is 36.3. The van der Waals surface area contributed by atoms with Crippen molar-refractivity contribution in [1.29, 1.82) is 0 Å². The molecule has 0 saturated carbocycles. The van der Waals surface area contributed by atoms with Crippen LogP contribution in [0.3, 0.4) is 0 Å². The molecule has 0 radical (unpaired) electrons. The van der Waals surface area contributed by atoms with Gasteiger partial charge in [-0.15, -0.1) is 0 Å². The van der Waals surface area contributed by atoms with E-state index in [0.717, 1.165) is 103 Å². The van der Waals surface area contributed by atoms with Gasteiger partial charge in [0.25, 0.3) is 0 Å². The number of nitrogens with zero attached hydrogens (tertiary/aromatic N) is 6. The lowest BCUT2D eigenvalue weighted by atomic mass is 10.0. The summed E-state index contributed by atoms with van der Waals surface area (Å²) in [5.41, 5.74) is 6.45. The number of alkyl carbamates (subject to hydrolysis) is 1. The maximum absolute atomic E-state index is 14.5. The minimum absolute atomic E-state index is 0.104. The van der Waals surface area contributed by atoms with E-state index >= 15 is 0 Å². The Hall–Kier alpha value is -6.27. The number of aromatic nitrogens is 4. The Kier molecular flexibility index (Phi) is 13.7. The standard InChI is InChI=1S/C49H57N9O5/c1-33(2)43(54-49(62)63-3)47(60)57-23-7-11-41(57)45-50-31-39(52-45)36-19-15-34(16-20-36)13-14-35-17-21-37(22-18-35)40-32-51-46(53-40)42-12-8-24-58(42)48(61)44(38-9-5-4-6-10-38)56-27-25-55(26-28-56)29-30-59/h4-6,9-10,15-22,31-33,41-44,59H,7-8,11-12,23-30H2,1-3H3,(H,50,52)(H,51,53)(H,54,62)/t41-,42-,43-,44+/m0/s1. The van der Waals surface area contributed by atoms with Gasteiger partial charge in [-0.25, -0.2) is 14.8 Å². The lowest BCUT2D eigenvalue weighted by Crippen LogP contribution is -2.52. The molecule has 63 heavy (non-hydrogen) atoms. The van der Waals surface area contributed by atoms with Gasteiger partial charge in [0.2, 0.25) is 11.8 Å². The number of carbonyl (C=O) groups excluding carboxylic acids is 3. The second-order valence-corrected chi connectivity index (χ2v) is 16.9. The Bertz CT molecular complexity index is 2390. The van der Waals surface area contributed by atoms with Crippen LogP contribution in [0.15, 0.2) is 91.3 Å². The number of carbonyl (C=O) groups is 3. The van der Waals surface area contributed by atoms with Crippen LogP contribution in [0.25, 0.3) is 22.5 Å². The van der Waals surface area contributed by atoms with Crippen LogP contribution in [0.1, 0.15) is 86.0 Å². The van der Waals surface area contributed by atoms with Gasteiger partial charge in [0.05, 0.1) is 49.6 Å². The predicted octanol–water partition coefficient (Wildman–Crippen LogP) is 5.93. The van der Waals surface area contributed by atoms with E-state index in [4.69, 9.17) is 9.72 Å². The highest BCUT2D eigenvalue weighted by atomic mass is 16.5. The average molecular weight is 852 g/mol. The number of piperazine rings is 1. The van der Waals surface area contributed by atoms with E-state index in [1.54, 1.807) is 6.20 Å². The first kappa shape index (κ1) is 43.4. The third-order valence-corrected chi connectivity index (χ3v) is 12.6. The first-order valence-electron chi connectivity index (χ1n) is 22.1. The first-order valence-corrected chi connectivity index (χ1v) is 22.1. The van der Waals surface area contributed by atoms with Crippen molar-refractivity contribution in [1.82, 2.24) is 44.9 Å². The summed E-state index contributed by atoms with van der Waals surface area (Å²) in [5.74, 6) is 7.96. The van der Waals surface area contributed by atoms with Crippen molar-refractivity contribution < 1.29 is 24.2 Å². The van der Waals surface area contributed by atoms with Crippen molar-refractivity contribution in [2.75, 3.05) is 59.5 Å². The fourth-order valence-electron chi connectivity index (χ4n) is 9.11. The summed E-state index contributed by atoms with van der Waals surface area (Å²) >= 11 is 0. The lowest BCUT2D eigenvalue weighted by Gasteiger charge is -2.40. The maximum atomic E-state index is 14.5. The average Bonchev–Trinajstić information content (AvgIpc) is 4.16. The molecular weight excluding hydrogens is 795 g/mol. The Morgan fingerprint density at radius 1 is 0.746 bits per heavy atom. The monoisotopic (exact) mass is 851 g/mol. The molecule has 14 heteroatoms. The summed E-state index contributed by atoms with van der Waals surface area (Å²) in [4.78, 5) is 64.8. The summed E-state index contributed by atoms with van der Waals surface area (Å²) in [6.07, 6.45) is 6.42. The second-order valence-electron chi connectivity index (χ2n) is 16.9. The van der Waals surface area contributed by atoms with Crippen molar-refractivity contribution >= 4 is 17.9 Å². The number of benzene rings is 3. The molecule has 4 atom stereocenters. The number of amides is 3. The number of β-amino-alcohol motifs (C(OH)–C–C–N with tert-alkyl or cyclic N) is 1. The van der Waals surface area contributed by atoms with Crippen LogP contribution in [0.2, 0.25) is 0 Å². The smallest absolute Gasteiger partial charge is 0.407 e. The van der Waals surface area contributed by atoms with E-state index in [9.17, 15) is 19.5 Å². The van der Waals surface area contributed by atoms with Gasteiger partial charge in [-0.1, -0.05) is 80.3 Å². The molecule has 3 aliphatic rings. The van der Waals surface area contributed by atoms with Crippen LogP contribution in [0, 0.1) is 17.8 Å². The van der Waals surface area contributed by atoms with Crippen LogP contribution in [-0.2, 0) is 14.3 Å². The van der Waals surface area contributed by atoms with Crippen LogP contribution >= 0.6 is 0 Å². The lowest BCUT2D eigenvalue weighted by molar-refractivity contribution is -0.139. The van der Waals surface area contributed by atoms with Gasteiger partial charge in [-0.05, 0) is 72.6 Å². The molecule has 5 aromatic rings. The fourth-order valence-corrected chi connectivity index (χ4v) is 9.11. The highest BCUT2D eigenvalue weighted by Gasteiger charge is 2.40. The molecule has 3 aromatic carbocycles. The summed E-state index contributed by atoms with van der Waals surface area (Å²) in [5, 5.41) is 12.1. The number of nitrogens with one attached hydrogen (secondary N) is 3. The predicted molar refractivity (Wildman–Crippen MR) is 240 cm³/mol. The van der Waals surface area contributed by atoms with E-state index in [-0.39, 0.29) is 42.5 Å². The highest BCUT2D eigenvalue weighted by Crippen LogP contribution is 2.36. The number of methoxy groups -OCH3 is 1. The van der Waals surface area contributed by atoms with E-state index < -0.39 is 12.1 Å². The van der Waals surface area contributed by atoms with Gasteiger partial charge in [0.1, 0.15) is 23.7 Å². The van der Waals surface area contributed by atoms with Crippen LogP contribution < -0.4 is 5.32 Å². The number of ether oxygens (including phenoxy) is 1. The number of aromatic amines is 2. The van der Waals surface area contributed by atoms with Crippen LogP contribution in [0.5, 0.6) is 0 Å². The molecule has 328 valence electrons. The summed E-state index contributed by atoms with van der Waals surface area (Å²) < 4.78 is 4.76. The molecule has 2 aromatic heterocycles. The molecule has 3 fully saturated rings. The van der Waals surface area contributed by atoms with Gasteiger partial charge >= 0.3 is 6.09 Å². The fraction of sp³-hybridized carbons (Fsp3) is 0.408. The van der Waals surface area contributed by atoms with E-state index in [0.29, 0.717) is 19.6 Å². The number of rotatable bonds is 12. The minimum Gasteiger partial charge on any atom is -0.453 e. The number of aliphatic hydroxyl groups is 1. The topological polar surface area (TPSA) is 163 Å². The van der Waals surface area contributed by atoms with E-state index in [2.05, 4.69) is 54.0 Å². The molecule has 0 unspecified atom stereocenters. The van der Waals surface area contributed by atoms with Gasteiger partial charge in [-0.2, -0.15) is 0 Å². The number of hydrogen-bond donors (Lipinski definition) is 4. The molecule has 3 amide bonds. The van der Waals surface area contributed by atoms with Gasteiger partial charge < -0.3 is 34.9 Å². The number of hydrogen-bond acceptors (Lipinski definition) is 9. The van der Waals surface area contributed by atoms with Crippen LogP contribution in [-0.4, -0.2) is 128 Å². The molecule has 4 N–H and O–H groups in total. The third kappa shape index (κ3) is 9.86. The highest BCUT2D eigenvalue weighted by molar-refractivity contribution is 5.86. The molecule has 3 aliphatic heterocycles. The molecule has 0 spiro atoms. The van der Waals surface area contributed by atoms with Gasteiger partial charge in [0.15, 0.2) is 0 Å². The first-order chi connectivity index (χ1) is 30.7. The quantitative estimate of drug-likeness (QED) is 0.112. The van der Waals surface area contributed by atoms with Crippen molar-refractivity contribution in [3.63, 3.8) is 0 Å². The van der Waals surface area contributed by atoms with E-state index in [1.165, 1.54) is 7.11 Å². The molecule has 5 heterocycles. The third-order valence-electron chi connectivity index (χ3n) is 12.6. The van der Waals surface area contributed by atoms with Crippen molar-refractivity contribution in [3.05, 3.63) is 120 Å². The van der Waals surface area contributed by atoms with Gasteiger partial charge in [0, 0.05) is 56.9 Å². The van der Waals surface area contributed by atoms with Crippen LogP contribution in [0.4, 0.5) is 4.79 Å². The summed E-state index contributed by atoms with van der Waals surface area (Å²) in [6, 6.07) is 24.8.